The standard InChI is InChI=1S/C21H19N3O4S.C2H6/c1-24-18(22-16-8-3-2-7-15(16)20(24)26)12-28-14-6-4-5-13(9-10-14)11-17-19(25)23-21(27)29-17;1-2/h2-3,5-10,17H,4,11-12H2,1H3,(H,23,25,27);1-2H3. The van der Waals surface area contributed by atoms with E-state index < -0.39 is 5.25 Å². The van der Waals surface area contributed by atoms with Crippen molar-refractivity contribution in [1.82, 2.24) is 14.9 Å². The molecule has 7 nitrogen and oxygen atoms in total. The number of para-hydroxylation sites is 1. The molecule has 1 unspecified atom stereocenters. The Morgan fingerprint density at radius 3 is 2.68 bits per heavy atom. The van der Waals surface area contributed by atoms with Crippen molar-refractivity contribution in [3.63, 3.8) is 0 Å². The number of carbonyl (C=O) groups excluding carboxylic acids is 2. The Hall–Kier alpha value is -3.13. The number of amides is 2. The second-order valence-electron chi connectivity index (χ2n) is 6.74. The summed E-state index contributed by atoms with van der Waals surface area (Å²) in [5, 5.41) is 2.19. The van der Waals surface area contributed by atoms with Gasteiger partial charge in [0.1, 0.15) is 18.2 Å². The van der Waals surface area contributed by atoms with Crippen molar-refractivity contribution in [2.24, 2.45) is 7.05 Å². The summed E-state index contributed by atoms with van der Waals surface area (Å²) < 4.78 is 7.37. The molecule has 0 radical (unpaired) electrons. The molecule has 162 valence electrons. The number of benzene rings is 1. The Labute approximate surface area is 184 Å². The second-order valence-corrected chi connectivity index (χ2v) is 7.92. The van der Waals surface area contributed by atoms with Crippen LogP contribution in [0, 0.1) is 0 Å². The Morgan fingerprint density at radius 2 is 1.94 bits per heavy atom. The first-order chi connectivity index (χ1) is 15.0. The molecular weight excluding hydrogens is 414 g/mol. The van der Waals surface area contributed by atoms with E-state index in [-0.39, 0.29) is 23.3 Å². The molecule has 0 saturated carbocycles. The average Bonchev–Trinajstić information content (AvgIpc) is 2.95. The quantitative estimate of drug-likeness (QED) is 0.758. The minimum atomic E-state index is -0.391. The van der Waals surface area contributed by atoms with Crippen LogP contribution < -0.4 is 10.9 Å². The Morgan fingerprint density at radius 1 is 1.16 bits per heavy atom. The van der Waals surface area contributed by atoms with Gasteiger partial charge in [-0.2, -0.15) is 0 Å². The molecule has 31 heavy (non-hydrogen) atoms. The van der Waals surface area contributed by atoms with Crippen molar-refractivity contribution >= 4 is 33.8 Å². The molecule has 2 amide bonds. The Kier molecular flexibility index (Phi) is 7.46. The van der Waals surface area contributed by atoms with Gasteiger partial charge in [-0.25, -0.2) is 4.98 Å². The number of nitrogens with one attached hydrogen (secondary N) is 1. The molecule has 2 aliphatic rings. The van der Waals surface area contributed by atoms with Crippen LogP contribution in [0.15, 0.2) is 64.7 Å². The topological polar surface area (TPSA) is 90.3 Å². The number of thioether (sulfide) groups is 1. The Balaban J connectivity index is 0.00000132. The minimum Gasteiger partial charge on any atom is -0.486 e. The van der Waals surface area contributed by atoms with Gasteiger partial charge >= 0.3 is 0 Å². The van der Waals surface area contributed by atoms with Gasteiger partial charge < -0.3 is 4.74 Å². The van der Waals surface area contributed by atoms with E-state index in [0.29, 0.717) is 35.3 Å². The van der Waals surface area contributed by atoms with E-state index in [0.717, 1.165) is 17.3 Å². The molecule has 2 aromatic rings. The minimum absolute atomic E-state index is 0.106. The van der Waals surface area contributed by atoms with Gasteiger partial charge in [0.25, 0.3) is 10.8 Å². The number of nitrogens with zero attached hydrogens (tertiary/aromatic N) is 2. The molecule has 0 bridgehead atoms. The normalized spacial score (nSPS) is 18.0. The summed E-state index contributed by atoms with van der Waals surface area (Å²) >= 11 is 1.02. The molecule has 1 aliphatic heterocycles. The van der Waals surface area contributed by atoms with E-state index in [2.05, 4.69) is 10.3 Å². The van der Waals surface area contributed by atoms with Crippen molar-refractivity contribution in [2.45, 2.75) is 38.5 Å². The van der Waals surface area contributed by atoms with Crippen molar-refractivity contribution in [2.75, 3.05) is 0 Å². The summed E-state index contributed by atoms with van der Waals surface area (Å²) in [6.45, 7) is 4.16. The van der Waals surface area contributed by atoms with Crippen LogP contribution in [0.2, 0.25) is 0 Å². The van der Waals surface area contributed by atoms with Crippen LogP contribution in [0.5, 0.6) is 0 Å². The predicted molar refractivity (Wildman–Crippen MR) is 123 cm³/mol. The van der Waals surface area contributed by atoms with E-state index in [1.807, 2.05) is 56.4 Å². The lowest BCUT2D eigenvalue weighted by atomic mass is 10.1. The molecule has 4 rings (SSSR count). The third-order valence-corrected chi connectivity index (χ3v) is 5.77. The molecule has 8 heteroatoms. The number of hydrogen-bond donors (Lipinski definition) is 1. The van der Waals surface area contributed by atoms with E-state index in [1.165, 1.54) is 4.57 Å². The smallest absolute Gasteiger partial charge is 0.286 e. The molecular formula is C23H25N3O4S. The lowest BCUT2D eigenvalue weighted by Crippen LogP contribution is -2.24. The highest BCUT2D eigenvalue weighted by atomic mass is 32.2. The summed E-state index contributed by atoms with van der Waals surface area (Å²) in [4.78, 5) is 40.1. The van der Waals surface area contributed by atoms with Gasteiger partial charge in [-0.05, 0) is 42.7 Å². The lowest BCUT2D eigenvalue weighted by Gasteiger charge is -2.11. The maximum absolute atomic E-state index is 12.5. The van der Waals surface area contributed by atoms with Crippen LogP contribution in [0.25, 0.3) is 10.9 Å². The number of carbonyl (C=O) groups is 2. The predicted octanol–water partition coefficient (Wildman–Crippen LogP) is 3.99. The number of ether oxygens (including phenoxy) is 1. The zero-order chi connectivity index (χ0) is 22.4. The second kappa shape index (κ2) is 10.3. The van der Waals surface area contributed by atoms with E-state index in [4.69, 9.17) is 4.74 Å². The van der Waals surface area contributed by atoms with Crippen LogP contribution in [-0.4, -0.2) is 25.9 Å². The fourth-order valence-electron chi connectivity index (χ4n) is 3.19. The molecule has 1 aromatic carbocycles. The van der Waals surface area contributed by atoms with Gasteiger partial charge in [0.2, 0.25) is 5.91 Å². The first kappa shape index (κ1) is 22.6. The first-order valence-electron chi connectivity index (χ1n) is 10.2. The van der Waals surface area contributed by atoms with Gasteiger partial charge in [0.15, 0.2) is 0 Å². The van der Waals surface area contributed by atoms with Crippen LogP contribution in [0.3, 0.4) is 0 Å². The fourth-order valence-corrected chi connectivity index (χ4v) is 4.05. The van der Waals surface area contributed by atoms with E-state index >= 15 is 0 Å². The Bertz CT molecular complexity index is 1150. The van der Waals surface area contributed by atoms with Gasteiger partial charge in [-0.3, -0.25) is 24.3 Å². The number of imide groups is 1. The van der Waals surface area contributed by atoms with Crippen molar-refractivity contribution < 1.29 is 14.3 Å². The summed E-state index contributed by atoms with van der Waals surface area (Å²) in [6, 6.07) is 7.23. The zero-order valence-electron chi connectivity index (χ0n) is 17.8. The van der Waals surface area contributed by atoms with Crippen LogP contribution in [-0.2, 0) is 23.2 Å². The lowest BCUT2D eigenvalue weighted by molar-refractivity contribution is -0.118. The van der Waals surface area contributed by atoms with Gasteiger partial charge in [0, 0.05) is 7.05 Å². The van der Waals surface area contributed by atoms with Gasteiger partial charge in [-0.15, -0.1) is 0 Å². The molecule has 1 fully saturated rings. The third-order valence-electron chi connectivity index (χ3n) is 4.79. The SMILES string of the molecule is CC.Cn1c(COC2=CCC=C(CC3SC(=O)NC3=O)C=C2)nc2ccccc2c1=O. The molecule has 1 saturated heterocycles. The maximum Gasteiger partial charge on any atom is 0.286 e. The highest BCUT2D eigenvalue weighted by Crippen LogP contribution is 2.27. The summed E-state index contributed by atoms with van der Waals surface area (Å²) in [5.74, 6) is 0.961. The molecule has 1 N–H and O–H groups in total. The largest absolute Gasteiger partial charge is 0.486 e. The number of hydrogen-bond acceptors (Lipinski definition) is 6. The highest BCUT2D eigenvalue weighted by Gasteiger charge is 2.31. The van der Waals surface area contributed by atoms with Crippen molar-refractivity contribution in [3.05, 3.63) is 76.1 Å². The summed E-state index contributed by atoms with van der Waals surface area (Å²) in [5.41, 5.74) is 1.51. The zero-order valence-corrected chi connectivity index (χ0v) is 18.6. The van der Waals surface area contributed by atoms with E-state index in [9.17, 15) is 14.4 Å². The third kappa shape index (κ3) is 5.32. The van der Waals surface area contributed by atoms with Crippen LogP contribution >= 0.6 is 11.8 Å². The summed E-state index contributed by atoms with van der Waals surface area (Å²) in [7, 11) is 1.68. The van der Waals surface area contributed by atoms with Gasteiger partial charge in [0.05, 0.1) is 16.2 Å². The monoisotopic (exact) mass is 439 g/mol. The van der Waals surface area contributed by atoms with Crippen molar-refractivity contribution in [3.8, 4) is 0 Å². The van der Waals surface area contributed by atoms with E-state index in [1.54, 1.807) is 13.1 Å². The first-order valence-corrected chi connectivity index (χ1v) is 11.1. The van der Waals surface area contributed by atoms with Crippen LogP contribution in [0.4, 0.5) is 4.79 Å². The van der Waals surface area contributed by atoms with Crippen LogP contribution in [0.1, 0.15) is 32.5 Å². The summed E-state index contributed by atoms with van der Waals surface area (Å²) in [6.07, 6.45) is 8.79. The number of rotatable bonds is 5. The molecule has 2 heterocycles. The number of fused-ring (bicyclic) bond motifs is 1. The fraction of sp³-hybridized carbons (Fsp3) is 0.304. The highest BCUT2D eigenvalue weighted by molar-refractivity contribution is 8.15. The molecule has 1 aliphatic carbocycles. The molecule has 1 aromatic heterocycles. The number of aromatic nitrogens is 2. The average molecular weight is 440 g/mol. The van der Waals surface area contributed by atoms with Gasteiger partial charge in [-0.1, -0.05) is 49.9 Å². The maximum atomic E-state index is 12.5. The molecule has 0 spiro atoms. The molecule has 1 atom stereocenters. The van der Waals surface area contributed by atoms with Crippen molar-refractivity contribution in [1.29, 1.82) is 0 Å². The number of allylic oxidation sites excluding steroid dienone is 5.